The van der Waals surface area contributed by atoms with Crippen LogP contribution in [-0.4, -0.2) is 41.2 Å². The maximum Gasteiger partial charge on any atom is 0.222 e. The predicted octanol–water partition coefficient (Wildman–Crippen LogP) is 0.962. The van der Waals surface area contributed by atoms with Gasteiger partial charge in [0.05, 0.1) is 13.2 Å². The molecule has 0 aliphatic carbocycles. The second kappa shape index (κ2) is 4.68. The van der Waals surface area contributed by atoms with E-state index in [1.165, 1.54) is 0 Å². The van der Waals surface area contributed by atoms with Crippen LogP contribution in [0.15, 0.2) is 12.4 Å². The van der Waals surface area contributed by atoms with Crippen LogP contribution in [0.2, 0.25) is 5.28 Å². The lowest BCUT2D eigenvalue weighted by molar-refractivity contribution is 0.0341. The van der Waals surface area contributed by atoms with E-state index < -0.39 is 0 Å². The van der Waals surface area contributed by atoms with Gasteiger partial charge in [0.15, 0.2) is 0 Å². The number of rotatable bonds is 2. The van der Waals surface area contributed by atoms with Crippen LogP contribution in [0, 0.1) is 0 Å². The van der Waals surface area contributed by atoms with E-state index in [1.807, 2.05) is 0 Å². The van der Waals surface area contributed by atoms with Gasteiger partial charge in [-0.05, 0) is 11.6 Å². The van der Waals surface area contributed by atoms with Gasteiger partial charge in [0.2, 0.25) is 5.28 Å². The summed E-state index contributed by atoms with van der Waals surface area (Å²) in [4.78, 5) is 10.2. The first-order valence-electron chi connectivity index (χ1n) is 4.61. The van der Waals surface area contributed by atoms with E-state index in [2.05, 4.69) is 14.9 Å². The summed E-state index contributed by atoms with van der Waals surface area (Å²) in [5, 5.41) is 0.302. The summed E-state index contributed by atoms with van der Waals surface area (Å²) < 4.78 is 5.26. The Kier molecular flexibility index (Phi) is 3.29. The molecule has 1 aromatic rings. The molecule has 0 N–H and O–H groups in total. The zero-order chi connectivity index (χ0) is 9.80. The summed E-state index contributed by atoms with van der Waals surface area (Å²) in [6.07, 6.45) is 3.54. The van der Waals surface area contributed by atoms with E-state index in [-0.39, 0.29) is 0 Å². The maximum absolute atomic E-state index is 5.60. The Hall–Kier alpha value is -0.710. The van der Waals surface area contributed by atoms with Crippen molar-refractivity contribution >= 4 is 11.6 Å². The summed E-state index contributed by atoms with van der Waals surface area (Å²) in [5.74, 6) is 0. The van der Waals surface area contributed by atoms with E-state index in [4.69, 9.17) is 16.3 Å². The fraction of sp³-hybridized carbons (Fsp3) is 0.556. The average Bonchev–Trinajstić information content (AvgIpc) is 2.23. The van der Waals surface area contributed by atoms with Crippen molar-refractivity contribution in [3.63, 3.8) is 0 Å². The van der Waals surface area contributed by atoms with Crippen molar-refractivity contribution in [1.29, 1.82) is 0 Å². The number of morpholine rings is 1. The molecular weight excluding hydrogens is 202 g/mol. The molecule has 0 atom stereocenters. The summed E-state index contributed by atoms with van der Waals surface area (Å²) in [6.45, 7) is 4.45. The van der Waals surface area contributed by atoms with Crippen LogP contribution in [0.1, 0.15) is 5.56 Å². The van der Waals surface area contributed by atoms with Crippen molar-refractivity contribution in [3.8, 4) is 0 Å². The van der Waals surface area contributed by atoms with Gasteiger partial charge in [-0.2, -0.15) is 0 Å². The van der Waals surface area contributed by atoms with Crippen LogP contribution < -0.4 is 0 Å². The van der Waals surface area contributed by atoms with Gasteiger partial charge in [-0.25, -0.2) is 9.97 Å². The first-order valence-corrected chi connectivity index (χ1v) is 4.99. The van der Waals surface area contributed by atoms with E-state index in [0.29, 0.717) is 5.28 Å². The number of halogens is 1. The molecule has 0 radical (unpaired) electrons. The van der Waals surface area contributed by atoms with E-state index >= 15 is 0 Å². The Morgan fingerprint density at radius 3 is 2.57 bits per heavy atom. The van der Waals surface area contributed by atoms with Crippen LogP contribution in [0.3, 0.4) is 0 Å². The van der Waals surface area contributed by atoms with Crippen molar-refractivity contribution in [3.05, 3.63) is 23.2 Å². The Morgan fingerprint density at radius 2 is 1.93 bits per heavy atom. The summed E-state index contributed by atoms with van der Waals surface area (Å²) >= 11 is 5.60. The SMILES string of the molecule is Clc1ncc(CN2CCOCC2)cn1. The van der Waals surface area contributed by atoms with Crippen molar-refractivity contribution in [2.75, 3.05) is 26.3 Å². The zero-order valence-corrected chi connectivity index (χ0v) is 8.57. The molecular formula is C9H12ClN3O. The van der Waals surface area contributed by atoms with Gasteiger partial charge in [0.25, 0.3) is 0 Å². The zero-order valence-electron chi connectivity index (χ0n) is 7.82. The Balaban J connectivity index is 1.92. The molecule has 1 saturated heterocycles. The molecule has 4 nitrogen and oxygen atoms in total. The van der Waals surface area contributed by atoms with Crippen molar-refractivity contribution in [1.82, 2.24) is 14.9 Å². The van der Waals surface area contributed by atoms with E-state index in [9.17, 15) is 0 Å². The molecule has 76 valence electrons. The fourth-order valence-electron chi connectivity index (χ4n) is 1.44. The quantitative estimate of drug-likeness (QED) is 0.686. The van der Waals surface area contributed by atoms with Crippen LogP contribution in [-0.2, 0) is 11.3 Å². The number of nitrogens with zero attached hydrogens (tertiary/aromatic N) is 3. The van der Waals surface area contributed by atoms with E-state index in [1.54, 1.807) is 12.4 Å². The molecule has 1 aliphatic heterocycles. The molecule has 5 heteroatoms. The van der Waals surface area contributed by atoms with Crippen molar-refractivity contribution in [2.45, 2.75) is 6.54 Å². The third kappa shape index (κ3) is 2.64. The fourth-order valence-corrected chi connectivity index (χ4v) is 1.54. The molecule has 0 amide bonds. The molecule has 0 saturated carbocycles. The number of hydrogen-bond acceptors (Lipinski definition) is 4. The lowest BCUT2D eigenvalue weighted by Crippen LogP contribution is -2.35. The third-order valence-electron chi connectivity index (χ3n) is 2.18. The standard InChI is InChI=1S/C9H12ClN3O/c10-9-11-5-8(6-12-9)7-13-1-3-14-4-2-13/h5-6H,1-4,7H2. The van der Waals surface area contributed by atoms with Gasteiger partial charge in [0.1, 0.15) is 0 Å². The molecule has 0 bridgehead atoms. The molecule has 0 aromatic carbocycles. The highest BCUT2D eigenvalue weighted by atomic mass is 35.5. The number of ether oxygens (including phenoxy) is 1. The highest BCUT2D eigenvalue weighted by Crippen LogP contribution is 2.06. The third-order valence-corrected chi connectivity index (χ3v) is 2.38. The number of hydrogen-bond donors (Lipinski definition) is 0. The summed E-state index contributed by atoms with van der Waals surface area (Å²) in [6, 6.07) is 0. The summed E-state index contributed by atoms with van der Waals surface area (Å²) in [5.41, 5.74) is 1.09. The minimum Gasteiger partial charge on any atom is -0.379 e. The van der Waals surface area contributed by atoms with Gasteiger partial charge < -0.3 is 4.74 Å². The monoisotopic (exact) mass is 213 g/mol. The molecule has 2 heterocycles. The second-order valence-electron chi connectivity index (χ2n) is 3.25. The van der Waals surface area contributed by atoms with Crippen molar-refractivity contribution in [2.24, 2.45) is 0 Å². The largest absolute Gasteiger partial charge is 0.379 e. The average molecular weight is 214 g/mol. The molecule has 1 fully saturated rings. The molecule has 0 spiro atoms. The van der Waals surface area contributed by atoms with Gasteiger partial charge in [-0.15, -0.1) is 0 Å². The highest BCUT2D eigenvalue weighted by molar-refractivity contribution is 6.28. The molecule has 1 aromatic heterocycles. The first-order chi connectivity index (χ1) is 6.84. The van der Waals surface area contributed by atoms with Gasteiger partial charge >= 0.3 is 0 Å². The minimum absolute atomic E-state index is 0.302. The lowest BCUT2D eigenvalue weighted by Gasteiger charge is -2.26. The van der Waals surface area contributed by atoms with Crippen LogP contribution >= 0.6 is 11.6 Å². The normalized spacial score (nSPS) is 18.4. The summed E-state index contributed by atoms with van der Waals surface area (Å²) in [7, 11) is 0. The van der Waals surface area contributed by atoms with Gasteiger partial charge in [-0.1, -0.05) is 0 Å². The lowest BCUT2D eigenvalue weighted by atomic mass is 10.3. The van der Waals surface area contributed by atoms with E-state index in [0.717, 1.165) is 38.4 Å². The second-order valence-corrected chi connectivity index (χ2v) is 3.59. The molecule has 1 aliphatic rings. The molecule has 0 unspecified atom stereocenters. The van der Waals surface area contributed by atoms with Crippen molar-refractivity contribution < 1.29 is 4.74 Å². The number of aromatic nitrogens is 2. The maximum atomic E-state index is 5.60. The highest BCUT2D eigenvalue weighted by Gasteiger charge is 2.10. The van der Waals surface area contributed by atoms with Crippen LogP contribution in [0.5, 0.6) is 0 Å². The topological polar surface area (TPSA) is 38.2 Å². The Bertz CT molecular complexity index is 285. The first kappa shape index (κ1) is 9.83. The van der Waals surface area contributed by atoms with Gasteiger partial charge in [0, 0.05) is 37.6 Å². The molecule has 2 rings (SSSR count). The predicted molar refractivity (Wildman–Crippen MR) is 53.1 cm³/mol. The Labute approximate surface area is 87.9 Å². The smallest absolute Gasteiger partial charge is 0.222 e. The Morgan fingerprint density at radius 1 is 1.29 bits per heavy atom. The minimum atomic E-state index is 0.302. The molecule has 14 heavy (non-hydrogen) atoms. The van der Waals surface area contributed by atoms with Gasteiger partial charge in [-0.3, -0.25) is 4.90 Å². The van der Waals surface area contributed by atoms with Crippen LogP contribution in [0.25, 0.3) is 0 Å². The van der Waals surface area contributed by atoms with Crippen LogP contribution in [0.4, 0.5) is 0 Å².